The first-order valence-electron chi connectivity index (χ1n) is 9.78. The highest BCUT2D eigenvalue weighted by Crippen LogP contribution is 2.33. The summed E-state index contributed by atoms with van der Waals surface area (Å²) in [4.78, 5) is 27.3. The van der Waals surface area contributed by atoms with E-state index in [9.17, 15) is 9.59 Å². The van der Waals surface area contributed by atoms with Crippen LogP contribution in [0.15, 0.2) is 59.1 Å². The molecule has 0 aliphatic carbocycles. The normalized spacial score (nSPS) is 11.5. The van der Waals surface area contributed by atoms with Crippen LogP contribution in [0.25, 0.3) is 22.0 Å². The number of carbonyl (C=O) groups is 2. The van der Waals surface area contributed by atoms with Crippen molar-refractivity contribution < 1.29 is 14.1 Å². The molecule has 2 heterocycles. The van der Waals surface area contributed by atoms with Crippen molar-refractivity contribution in [1.29, 1.82) is 0 Å². The number of benzene rings is 2. The molecule has 8 heteroatoms. The number of amides is 3. The number of H-pyrrole nitrogens is 1. The average molecular weight is 417 g/mol. The SMILES string of the molecule is CC(C)(C)c1cc(NC(=O)Nc2ccc(-c3c(C(N)=O)[nH]c4ccccc34)cc2)no1. The van der Waals surface area contributed by atoms with Gasteiger partial charge in [0.2, 0.25) is 0 Å². The zero-order chi connectivity index (χ0) is 22.2. The molecule has 2 aromatic heterocycles. The predicted molar refractivity (Wildman–Crippen MR) is 120 cm³/mol. The zero-order valence-electron chi connectivity index (χ0n) is 17.4. The van der Waals surface area contributed by atoms with Crippen molar-refractivity contribution in [3.05, 3.63) is 66.1 Å². The quantitative estimate of drug-likeness (QED) is 0.378. The van der Waals surface area contributed by atoms with Crippen LogP contribution >= 0.6 is 0 Å². The fraction of sp³-hybridized carbons (Fsp3) is 0.174. The maximum Gasteiger partial charge on any atom is 0.324 e. The zero-order valence-corrected chi connectivity index (χ0v) is 17.4. The van der Waals surface area contributed by atoms with Crippen LogP contribution in [-0.2, 0) is 5.41 Å². The highest BCUT2D eigenvalue weighted by Gasteiger charge is 2.20. The van der Waals surface area contributed by atoms with Gasteiger partial charge in [0.25, 0.3) is 5.91 Å². The van der Waals surface area contributed by atoms with Gasteiger partial charge >= 0.3 is 6.03 Å². The second-order valence-electron chi connectivity index (χ2n) is 8.27. The topological polar surface area (TPSA) is 126 Å². The molecule has 0 bridgehead atoms. The number of nitrogens with two attached hydrogens (primary N) is 1. The van der Waals surface area contributed by atoms with E-state index in [4.69, 9.17) is 10.3 Å². The Morgan fingerprint density at radius 2 is 1.74 bits per heavy atom. The molecule has 0 saturated carbocycles. The van der Waals surface area contributed by atoms with Crippen LogP contribution in [0.1, 0.15) is 37.0 Å². The fourth-order valence-corrected chi connectivity index (χ4v) is 3.31. The summed E-state index contributed by atoms with van der Waals surface area (Å²) in [5.41, 5.74) is 8.66. The average Bonchev–Trinajstić information content (AvgIpc) is 3.33. The molecule has 4 aromatic rings. The van der Waals surface area contributed by atoms with E-state index >= 15 is 0 Å². The minimum atomic E-state index is -0.532. The first kappa shape index (κ1) is 20.2. The lowest BCUT2D eigenvalue weighted by atomic mass is 9.93. The van der Waals surface area contributed by atoms with Crippen molar-refractivity contribution >= 4 is 34.3 Å². The molecule has 0 fully saturated rings. The van der Waals surface area contributed by atoms with E-state index < -0.39 is 11.9 Å². The van der Waals surface area contributed by atoms with Crippen LogP contribution in [0.5, 0.6) is 0 Å². The Morgan fingerprint density at radius 3 is 2.39 bits per heavy atom. The lowest BCUT2D eigenvalue weighted by Gasteiger charge is -2.12. The molecule has 5 N–H and O–H groups in total. The number of aromatic amines is 1. The third-order valence-electron chi connectivity index (χ3n) is 4.87. The smallest absolute Gasteiger partial charge is 0.324 e. The number of para-hydroxylation sites is 1. The molecular weight excluding hydrogens is 394 g/mol. The van der Waals surface area contributed by atoms with Crippen molar-refractivity contribution in [3.63, 3.8) is 0 Å². The summed E-state index contributed by atoms with van der Waals surface area (Å²) in [5.74, 6) is 0.482. The maximum absolute atomic E-state index is 12.3. The molecule has 0 spiro atoms. The summed E-state index contributed by atoms with van der Waals surface area (Å²) in [5, 5.41) is 10.2. The second-order valence-corrected chi connectivity index (χ2v) is 8.27. The van der Waals surface area contributed by atoms with Crippen molar-refractivity contribution in [3.8, 4) is 11.1 Å². The highest BCUT2D eigenvalue weighted by molar-refractivity contribution is 6.09. The Kier molecular flexibility index (Phi) is 4.98. The van der Waals surface area contributed by atoms with Gasteiger partial charge in [0.05, 0.1) is 0 Å². The number of hydrogen-bond acceptors (Lipinski definition) is 4. The summed E-state index contributed by atoms with van der Waals surface area (Å²) in [6, 6.07) is 16.0. The van der Waals surface area contributed by atoms with Crippen LogP contribution in [0.3, 0.4) is 0 Å². The van der Waals surface area contributed by atoms with Crippen molar-refractivity contribution in [2.45, 2.75) is 26.2 Å². The summed E-state index contributed by atoms with van der Waals surface area (Å²) in [7, 11) is 0. The van der Waals surface area contributed by atoms with Crippen LogP contribution < -0.4 is 16.4 Å². The van der Waals surface area contributed by atoms with Crippen LogP contribution in [-0.4, -0.2) is 22.1 Å². The van der Waals surface area contributed by atoms with Gasteiger partial charge in [-0.2, -0.15) is 0 Å². The number of urea groups is 1. The Labute approximate surface area is 178 Å². The monoisotopic (exact) mass is 417 g/mol. The van der Waals surface area contributed by atoms with Gasteiger partial charge in [-0.3, -0.25) is 10.1 Å². The molecule has 0 saturated heterocycles. The molecule has 0 unspecified atom stereocenters. The van der Waals surface area contributed by atoms with Gasteiger partial charge in [-0.1, -0.05) is 56.3 Å². The highest BCUT2D eigenvalue weighted by atomic mass is 16.5. The third kappa shape index (κ3) is 4.13. The number of fused-ring (bicyclic) bond motifs is 1. The first-order chi connectivity index (χ1) is 14.7. The van der Waals surface area contributed by atoms with Gasteiger partial charge in [0.15, 0.2) is 5.82 Å². The molecule has 4 rings (SSSR count). The van der Waals surface area contributed by atoms with Gasteiger partial charge in [-0.25, -0.2) is 4.79 Å². The third-order valence-corrected chi connectivity index (χ3v) is 4.87. The lowest BCUT2D eigenvalue weighted by molar-refractivity contribution is 0.0997. The van der Waals surface area contributed by atoms with Crippen LogP contribution in [0.2, 0.25) is 0 Å². The predicted octanol–water partition coefficient (Wildman–Crippen LogP) is 4.86. The van der Waals surface area contributed by atoms with Crippen LogP contribution in [0, 0.1) is 0 Å². The summed E-state index contributed by atoms with van der Waals surface area (Å²) in [6.07, 6.45) is 0. The van der Waals surface area contributed by atoms with Gasteiger partial charge in [0.1, 0.15) is 11.5 Å². The van der Waals surface area contributed by atoms with E-state index in [1.807, 2.05) is 57.2 Å². The van der Waals surface area contributed by atoms with E-state index in [0.29, 0.717) is 23.0 Å². The van der Waals surface area contributed by atoms with E-state index in [-0.39, 0.29) is 5.41 Å². The van der Waals surface area contributed by atoms with E-state index in [1.54, 1.807) is 18.2 Å². The van der Waals surface area contributed by atoms with Gasteiger partial charge in [0, 0.05) is 33.6 Å². The number of hydrogen-bond donors (Lipinski definition) is 4. The Bertz CT molecular complexity index is 1260. The number of nitrogens with one attached hydrogen (secondary N) is 3. The van der Waals surface area contributed by atoms with E-state index in [0.717, 1.165) is 22.0 Å². The van der Waals surface area contributed by atoms with Crippen molar-refractivity contribution in [1.82, 2.24) is 10.1 Å². The molecule has 158 valence electrons. The Balaban J connectivity index is 1.52. The maximum atomic E-state index is 12.3. The molecule has 31 heavy (non-hydrogen) atoms. The Morgan fingerprint density at radius 1 is 1.03 bits per heavy atom. The number of anilines is 2. The molecule has 8 nitrogen and oxygen atoms in total. The van der Waals surface area contributed by atoms with Crippen molar-refractivity contribution in [2.24, 2.45) is 5.73 Å². The molecule has 0 aliphatic heterocycles. The molecule has 0 radical (unpaired) electrons. The van der Waals surface area contributed by atoms with Gasteiger partial charge in [-0.15, -0.1) is 0 Å². The summed E-state index contributed by atoms with van der Waals surface area (Å²) >= 11 is 0. The van der Waals surface area contributed by atoms with Crippen molar-refractivity contribution in [2.75, 3.05) is 10.6 Å². The molecule has 0 aliphatic rings. The standard InChI is InChI=1S/C23H23N5O3/c1-23(2,3)17-12-18(28-31-17)27-22(30)25-14-10-8-13(9-11-14)19-15-6-4-5-7-16(15)26-20(19)21(24)29/h4-12,26H,1-3H3,(H2,24,29)(H2,25,27,28,30). The summed E-state index contributed by atoms with van der Waals surface area (Å²) < 4.78 is 5.27. The van der Waals surface area contributed by atoms with Crippen LogP contribution in [0.4, 0.5) is 16.3 Å². The fourth-order valence-electron chi connectivity index (χ4n) is 3.31. The molecule has 0 atom stereocenters. The molecular formula is C23H23N5O3. The van der Waals surface area contributed by atoms with Gasteiger partial charge in [-0.05, 0) is 23.8 Å². The molecule has 3 amide bonds. The Hall–Kier alpha value is -4.07. The lowest BCUT2D eigenvalue weighted by Crippen LogP contribution is -2.19. The largest absolute Gasteiger partial charge is 0.364 e. The van der Waals surface area contributed by atoms with E-state index in [1.165, 1.54) is 0 Å². The number of primary amides is 1. The second kappa shape index (κ2) is 7.64. The minimum absolute atomic E-state index is 0.203. The molecule has 2 aromatic carbocycles. The van der Waals surface area contributed by atoms with E-state index in [2.05, 4.69) is 20.8 Å². The van der Waals surface area contributed by atoms with Gasteiger partial charge < -0.3 is 20.6 Å². The number of aromatic nitrogens is 2. The number of nitrogens with zero attached hydrogens (tertiary/aromatic N) is 1. The number of rotatable bonds is 4. The first-order valence-corrected chi connectivity index (χ1v) is 9.78. The minimum Gasteiger partial charge on any atom is -0.364 e. The number of carbonyl (C=O) groups excluding carboxylic acids is 2. The summed E-state index contributed by atoms with van der Waals surface area (Å²) in [6.45, 7) is 5.99.